The summed E-state index contributed by atoms with van der Waals surface area (Å²) in [4.78, 5) is 24.4. The molecule has 2 amide bonds. The van der Waals surface area contributed by atoms with Gasteiger partial charge in [0.15, 0.2) is 6.29 Å². The first kappa shape index (κ1) is 34.2. The second-order valence-corrected chi connectivity index (χ2v) is 12.4. The number of hydrogen-bond acceptors (Lipinski definition) is 8. The van der Waals surface area contributed by atoms with E-state index in [2.05, 4.69) is 11.4 Å². The highest BCUT2D eigenvalue weighted by molar-refractivity contribution is 7.99. The molecule has 9 nitrogen and oxygen atoms in total. The zero-order chi connectivity index (χ0) is 33.0. The van der Waals surface area contributed by atoms with Gasteiger partial charge in [-0.2, -0.15) is 0 Å². The Kier molecular flexibility index (Phi) is 12.4. The zero-order valence-electron chi connectivity index (χ0n) is 26.3. The Morgan fingerprint density at radius 2 is 1.60 bits per heavy atom. The van der Waals surface area contributed by atoms with Crippen molar-refractivity contribution in [2.24, 2.45) is 0 Å². The number of aliphatic hydroxyl groups excluding tert-OH is 1. The van der Waals surface area contributed by atoms with Crippen molar-refractivity contribution >= 4 is 23.6 Å². The minimum Gasteiger partial charge on any atom is -0.496 e. The van der Waals surface area contributed by atoms with Gasteiger partial charge in [0, 0.05) is 42.0 Å². The maximum Gasteiger partial charge on any atom is 0.243 e. The average molecular weight is 657 g/mol. The van der Waals surface area contributed by atoms with Crippen molar-refractivity contribution in [2.75, 3.05) is 12.9 Å². The summed E-state index contributed by atoms with van der Waals surface area (Å²) in [6.07, 6.45) is 0.525. The van der Waals surface area contributed by atoms with E-state index in [9.17, 15) is 14.7 Å². The van der Waals surface area contributed by atoms with Crippen LogP contribution in [0.2, 0.25) is 0 Å². The molecule has 4 aromatic rings. The van der Waals surface area contributed by atoms with E-state index in [-0.39, 0.29) is 37.6 Å². The Hall–Kier alpha value is -4.19. The van der Waals surface area contributed by atoms with Crippen LogP contribution >= 0.6 is 11.8 Å². The highest BCUT2D eigenvalue weighted by atomic mass is 32.2. The molecule has 0 spiro atoms. The van der Waals surface area contributed by atoms with Gasteiger partial charge in [-0.25, -0.2) is 5.48 Å². The molecule has 246 valence electrons. The molecule has 1 heterocycles. The summed E-state index contributed by atoms with van der Waals surface area (Å²) < 4.78 is 18.6. The van der Waals surface area contributed by atoms with Gasteiger partial charge in [0.05, 0.1) is 25.9 Å². The molecule has 0 bridgehead atoms. The second-order valence-electron chi connectivity index (χ2n) is 11.3. The van der Waals surface area contributed by atoms with Gasteiger partial charge in [-0.1, -0.05) is 78.9 Å². The van der Waals surface area contributed by atoms with Crippen LogP contribution in [0.4, 0.5) is 0 Å². The number of nitrogens with one attached hydrogen (secondary N) is 2. The van der Waals surface area contributed by atoms with Crippen molar-refractivity contribution < 1.29 is 34.1 Å². The molecule has 0 aliphatic carbocycles. The summed E-state index contributed by atoms with van der Waals surface area (Å²) >= 11 is 1.70. The number of aliphatic hydroxyl groups is 1. The summed E-state index contributed by atoms with van der Waals surface area (Å²) in [5, 5.41) is 21.0. The van der Waals surface area contributed by atoms with Crippen molar-refractivity contribution in [2.45, 2.75) is 62.2 Å². The molecule has 1 fully saturated rings. The molecular weight excluding hydrogens is 616 g/mol. The maximum atomic E-state index is 12.2. The topological polar surface area (TPSA) is 126 Å². The predicted molar refractivity (Wildman–Crippen MR) is 180 cm³/mol. The number of para-hydroxylation sites is 1. The van der Waals surface area contributed by atoms with Crippen molar-refractivity contribution in [3.8, 4) is 16.9 Å². The van der Waals surface area contributed by atoms with E-state index < -0.39 is 12.2 Å². The molecule has 0 unspecified atom stereocenters. The molecule has 4 aromatic carbocycles. The van der Waals surface area contributed by atoms with E-state index in [1.165, 1.54) is 0 Å². The Morgan fingerprint density at radius 1 is 0.851 bits per heavy atom. The Morgan fingerprint density at radius 3 is 2.34 bits per heavy atom. The molecule has 0 radical (unpaired) electrons. The average Bonchev–Trinajstić information content (AvgIpc) is 3.13. The lowest BCUT2D eigenvalue weighted by Gasteiger charge is -2.36. The molecule has 0 saturated carbocycles. The number of carbonyl (C=O) groups is 2. The van der Waals surface area contributed by atoms with Crippen LogP contribution in [0.5, 0.6) is 5.75 Å². The van der Waals surface area contributed by atoms with Crippen LogP contribution in [0.15, 0.2) is 102 Å². The van der Waals surface area contributed by atoms with E-state index in [1.54, 1.807) is 24.4 Å². The smallest absolute Gasteiger partial charge is 0.243 e. The van der Waals surface area contributed by atoms with Crippen LogP contribution in [0.3, 0.4) is 0 Å². The van der Waals surface area contributed by atoms with Crippen LogP contribution < -0.4 is 15.5 Å². The normalized spacial score (nSPS) is 17.6. The number of carbonyl (C=O) groups excluding carboxylic acids is 2. The Labute approximate surface area is 279 Å². The molecule has 1 aliphatic heterocycles. The van der Waals surface area contributed by atoms with E-state index in [4.69, 9.17) is 19.4 Å². The molecule has 0 aromatic heterocycles. The van der Waals surface area contributed by atoms with Crippen LogP contribution in [-0.4, -0.2) is 41.1 Å². The molecule has 1 saturated heterocycles. The summed E-state index contributed by atoms with van der Waals surface area (Å²) in [7, 11) is 1.68. The zero-order valence-corrected chi connectivity index (χ0v) is 27.1. The van der Waals surface area contributed by atoms with Gasteiger partial charge in [-0.3, -0.25) is 14.8 Å². The highest BCUT2D eigenvalue weighted by Crippen LogP contribution is 2.40. The van der Waals surface area contributed by atoms with Gasteiger partial charge in [-0.05, 0) is 52.4 Å². The lowest BCUT2D eigenvalue weighted by Crippen LogP contribution is -2.31. The van der Waals surface area contributed by atoms with E-state index >= 15 is 0 Å². The van der Waals surface area contributed by atoms with Crippen molar-refractivity contribution in [3.05, 3.63) is 119 Å². The summed E-state index contributed by atoms with van der Waals surface area (Å²) in [5.41, 5.74) is 7.37. The fraction of sp³-hybridized carbons (Fsp3) is 0.297. The van der Waals surface area contributed by atoms with Gasteiger partial charge in [0.2, 0.25) is 11.8 Å². The number of amides is 2. The lowest BCUT2D eigenvalue weighted by atomic mass is 9.99. The number of rotatable bonds is 14. The second kappa shape index (κ2) is 17.1. The monoisotopic (exact) mass is 656 g/mol. The molecule has 3 atom stereocenters. The molecule has 4 N–H and O–H groups in total. The molecular formula is C37H40N2O7S. The third-order valence-corrected chi connectivity index (χ3v) is 9.16. The predicted octanol–water partition coefficient (Wildman–Crippen LogP) is 6.48. The molecule has 47 heavy (non-hydrogen) atoms. The van der Waals surface area contributed by atoms with Gasteiger partial charge in [0.1, 0.15) is 5.75 Å². The van der Waals surface area contributed by atoms with Gasteiger partial charge in [0.25, 0.3) is 0 Å². The standard InChI is InChI=1S/C37H40N2O7S/c1-44-32-8-2-3-9-34(32)47-24-31-21-33(28-14-12-25(23-40)13-15-28)46-37(45-31)29-18-16-27(17-19-29)30-7-4-6-26(20-30)22-38-35(41)10-5-11-36(42)39-43/h2-4,6-9,12-20,31,33,37,40,43H,5,10-11,21-24H2,1H3,(H,38,41)(H,39,42)/t31-,33+,37+/m1/s1. The first-order valence-electron chi connectivity index (χ1n) is 15.6. The van der Waals surface area contributed by atoms with Gasteiger partial charge >= 0.3 is 0 Å². The third kappa shape index (κ3) is 9.66. The van der Waals surface area contributed by atoms with Crippen LogP contribution in [0.1, 0.15) is 60.3 Å². The minimum absolute atomic E-state index is 0.00695. The summed E-state index contributed by atoms with van der Waals surface area (Å²) in [6, 6.07) is 32.0. The largest absolute Gasteiger partial charge is 0.496 e. The Balaban J connectivity index is 1.26. The fourth-order valence-corrected chi connectivity index (χ4v) is 6.44. The lowest BCUT2D eigenvalue weighted by molar-refractivity contribution is -0.245. The summed E-state index contributed by atoms with van der Waals surface area (Å²) in [6.45, 7) is 0.364. The van der Waals surface area contributed by atoms with E-state index in [1.807, 2.05) is 91.0 Å². The molecule has 10 heteroatoms. The number of hydroxylamine groups is 1. The van der Waals surface area contributed by atoms with Crippen molar-refractivity contribution in [1.29, 1.82) is 0 Å². The third-order valence-electron chi connectivity index (χ3n) is 7.97. The first-order chi connectivity index (χ1) is 22.9. The minimum atomic E-state index is -0.561. The van der Waals surface area contributed by atoms with E-state index in [0.717, 1.165) is 49.8 Å². The number of ether oxygens (including phenoxy) is 3. The maximum absolute atomic E-state index is 12.2. The van der Waals surface area contributed by atoms with Crippen LogP contribution in [0.25, 0.3) is 11.1 Å². The molecule has 1 aliphatic rings. The summed E-state index contributed by atoms with van der Waals surface area (Å²) in [5.74, 6) is 0.906. The SMILES string of the molecule is COc1ccccc1SC[C@H]1C[C@@H](c2ccc(CO)cc2)O[C@@H](c2ccc(-c3cccc(CNC(=O)CCCC(=O)NO)c3)cc2)O1. The highest BCUT2D eigenvalue weighted by Gasteiger charge is 2.32. The Bertz CT molecular complexity index is 1610. The fourth-order valence-electron chi connectivity index (χ4n) is 5.39. The van der Waals surface area contributed by atoms with Crippen LogP contribution in [0, 0.1) is 0 Å². The van der Waals surface area contributed by atoms with Crippen molar-refractivity contribution in [1.82, 2.24) is 10.8 Å². The van der Waals surface area contributed by atoms with Crippen molar-refractivity contribution in [3.63, 3.8) is 0 Å². The van der Waals surface area contributed by atoms with Gasteiger partial charge in [-0.15, -0.1) is 11.8 Å². The quantitative estimate of drug-likeness (QED) is 0.0690. The number of methoxy groups -OCH3 is 1. The first-order valence-corrected chi connectivity index (χ1v) is 16.6. The number of benzene rings is 4. The van der Waals surface area contributed by atoms with E-state index in [0.29, 0.717) is 19.4 Å². The number of thioether (sulfide) groups is 1. The van der Waals surface area contributed by atoms with Crippen LogP contribution in [-0.2, 0) is 32.2 Å². The number of hydrogen-bond donors (Lipinski definition) is 4. The molecule has 5 rings (SSSR count). The van der Waals surface area contributed by atoms with Gasteiger partial charge < -0.3 is 24.6 Å².